The molecular weight excluding hydrogens is 250 g/mol. The van der Waals surface area contributed by atoms with Crippen LogP contribution in [0.25, 0.3) is 0 Å². The predicted molar refractivity (Wildman–Crippen MR) is 69.6 cm³/mol. The quantitative estimate of drug-likeness (QED) is 0.840. The van der Waals surface area contributed by atoms with Crippen LogP contribution < -0.4 is 10.5 Å². The summed E-state index contributed by atoms with van der Waals surface area (Å²) in [4.78, 5) is 4.17. The van der Waals surface area contributed by atoms with Crippen LogP contribution >= 0.6 is 11.6 Å². The third-order valence-electron chi connectivity index (χ3n) is 2.28. The van der Waals surface area contributed by atoms with E-state index in [1.54, 1.807) is 30.3 Å². The van der Waals surface area contributed by atoms with Gasteiger partial charge in [-0.25, -0.2) is 4.98 Å². The molecule has 2 rings (SSSR count). The maximum atomic E-state index is 8.98. The van der Waals surface area contributed by atoms with Gasteiger partial charge in [-0.1, -0.05) is 11.6 Å². The van der Waals surface area contributed by atoms with Crippen LogP contribution in [0.3, 0.4) is 0 Å². The molecule has 0 unspecified atom stereocenters. The Hall–Kier alpha value is -2.25. The molecule has 0 saturated carbocycles. The van der Waals surface area contributed by atoms with Crippen molar-refractivity contribution in [2.45, 2.75) is 6.92 Å². The Morgan fingerprint density at radius 2 is 2.11 bits per heavy atom. The van der Waals surface area contributed by atoms with Crippen molar-refractivity contribution < 1.29 is 4.74 Å². The third kappa shape index (κ3) is 2.53. The van der Waals surface area contributed by atoms with Crippen molar-refractivity contribution in [1.29, 1.82) is 5.26 Å². The first-order valence-electron chi connectivity index (χ1n) is 5.21. The zero-order valence-corrected chi connectivity index (χ0v) is 10.4. The molecule has 18 heavy (non-hydrogen) atoms. The van der Waals surface area contributed by atoms with E-state index in [-0.39, 0.29) is 5.88 Å². The van der Waals surface area contributed by atoms with Crippen LogP contribution in [0, 0.1) is 18.3 Å². The Morgan fingerprint density at radius 3 is 2.78 bits per heavy atom. The summed E-state index contributed by atoms with van der Waals surface area (Å²) in [5.41, 5.74) is 7.25. The first kappa shape index (κ1) is 12.2. The van der Waals surface area contributed by atoms with Crippen molar-refractivity contribution >= 4 is 17.3 Å². The molecule has 0 aliphatic heterocycles. The minimum Gasteiger partial charge on any atom is -0.436 e. The maximum absolute atomic E-state index is 8.98. The fourth-order valence-electron chi connectivity index (χ4n) is 1.40. The summed E-state index contributed by atoms with van der Waals surface area (Å²) in [5, 5.41) is 9.35. The summed E-state index contributed by atoms with van der Waals surface area (Å²) >= 11 is 6.00. The summed E-state index contributed by atoms with van der Waals surface area (Å²) in [6, 6.07) is 10.3. The number of hydrogen-bond donors (Lipinski definition) is 1. The fourth-order valence-corrected chi connectivity index (χ4v) is 1.63. The number of nitrogen functional groups attached to an aromatic ring is 1. The number of aromatic nitrogens is 1. The second kappa shape index (κ2) is 4.94. The average molecular weight is 260 g/mol. The van der Waals surface area contributed by atoms with E-state index in [0.717, 1.165) is 5.69 Å². The Morgan fingerprint density at radius 1 is 1.33 bits per heavy atom. The molecule has 0 aliphatic rings. The van der Waals surface area contributed by atoms with Gasteiger partial charge in [0, 0.05) is 11.4 Å². The van der Waals surface area contributed by atoms with Gasteiger partial charge in [0.05, 0.1) is 5.02 Å². The van der Waals surface area contributed by atoms with Gasteiger partial charge in [0.25, 0.3) is 0 Å². The number of nitriles is 1. The smallest absolute Gasteiger partial charge is 0.237 e. The van der Waals surface area contributed by atoms with Gasteiger partial charge in [-0.05, 0) is 37.3 Å². The molecule has 1 aromatic heterocycles. The molecule has 0 atom stereocenters. The summed E-state index contributed by atoms with van der Waals surface area (Å²) in [6.07, 6.45) is 0. The van der Waals surface area contributed by atoms with Gasteiger partial charge in [-0.2, -0.15) is 5.26 Å². The van der Waals surface area contributed by atoms with E-state index >= 15 is 0 Å². The van der Waals surface area contributed by atoms with Crippen molar-refractivity contribution in [3.05, 3.63) is 46.6 Å². The minimum atomic E-state index is 0.240. The normalized spacial score (nSPS) is 9.83. The SMILES string of the molecule is Cc1ccc(C#N)c(Oc2ccc(N)cc2Cl)n1. The van der Waals surface area contributed by atoms with Crippen molar-refractivity contribution in [2.75, 3.05) is 5.73 Å². The molecule has 0 radical (unpaired) electrons. The average Bonchev–Trinajstić information content (AvgIpc) is 2.33. The lowest BCUT2D eigenvalue weighted by Crippen LogP contribution is -1.95. The molecule has 5 heteroatoms. The van der Waals surface area contributed by atoms with Gasteiger partial charge in [-0.3, -0.25) is 0 Å². The van der Waals surface area contributed by atoms with E-state index in [9.17, 15) is 0 Å². The second-order valence-corrected chi connectivity index (χ2v) is 4.12. The largest absolute Gasteiger partial charge is 0.436 e. The van der Waals surface area contributed by atoms with E-state index in [1.807, 2.05) is 13.0 Å². The third-order valence-corrected chi connectivity index (χ3v) is 2.58. The minimum absolute atomic E-state index is 0.240. The van der Waals surface area contributed by atoms with Gasteiger partial charge in [0.15, 0.2) is 0 Å². The number of hydrogen-bond acceptors (Lipinski definition) is 4. The number of nitrogens with two attached hydrogens (primary N) is 1. The standard InChI is InChI=1S/C13H10ClN3O/c1-8-2-3-9(7-15)13(17-8)18-12-5-4-10(16)6-11(12)14/h2-6H,16H2,1H3. The molecule has 0 spiro atoms. The summed E-state index contributed by atoms with van der Waals surface area (Å²) in [5.74, 6) is 0.657. The molecule has 2 N–H and O–H groups in total. The van der Waals surface area contributed by atoms with Gasteiger partial charge < -0.3 is 10.5 Å². The summed E-state index contributed by atoms with van der Waals surface area (Å²) in [6.45, 7) is 1.82. The Bertz CT molecular complexity index is 635. The number of benzene rings is 1. The monoisotopic (exact) mass is 259 g/mol. The lowest BCUT2D eigenvalue weighted by atomic mass is 10.2. The van der Waals surface area contributed by atoms with Crippen molar-refractivity contribution in [3.8, 4) is 17.7 Å². The van der Waals surface area contributed by atoms with Crippen LogP contribution in [0.15, 0.2) is 30.3 Å². The van der Waals surface area contributed by atoms with Gasteiger partial charge in [0.1, 0.15) is 17.4 Å². The highest BCUT2D eigenvalue weighted by Crippen LogP contribution is 2.31. The molecule has 1 heterocycles. The molecule has 0 amide bonds. The van der Waals surface area contributed by atoms with Crippen molar-refractivity contribution in [1.82, 2.24) is 4.98 Å². The number of rotatable bonds is 2. The topological polar surface area (TPSA) is 71.9 Å². The molecule has 4 nitrogen and oxygen atoms in total. The molecule has 2 aromatic rings. The lowest BCUT2D eigenvalue weighted by molar-refractivity contribution is 0.460. The molecule has 0 bridgehead atoms. The zero-order chi connectivity index (χ0) is 13.1. The summed E-state index contributed by atoms with van der Waals surface area (Å²) < 4.78 is 5.55. The first-order valence-corrected chi connectivity index (χ1v) is 5.58. The van der Waals surface area contributed by atoms with Crippen LogP contribution in [-0.4, -0.2) is 4.98 Å². The van der Waals surface area contributed by atoms with E-state index < -0.39 is 0 Å². The number of anilines is 1. The molecule has 0 fully saturated rings. The Kier molecular flexibility index (Phi) is 3.35. The van der Waals surface area contributed by atoms with Crippen LogP contribution in [-0.2, 0) is 0 Å². The van der Waals surface area contributed by atoms with E-state index in [4.69, 9.17) is 27.3 Å². The fraction of sp³-hybridized carbons (Fsp3) is 0.0769. The lowest BCUT2D eigenvalue weighted by Gasteiger charge is -2.08. The second-order valence-electron chi connectivity index (χ2n) is 3.71. The number of nitrogens with zero attached hydrogens (tertiary/aromatic N) is 2. The van der Waals surface area contributed by atoms with Crippen LogP contribution in [0.2, 0.25) is 5.02 Å². The maximum Gasteiger partial charge on any atom is 0.237 e. The molecule has 0 aliphatic carbocycles. The van der Waals surface area contributed by atoms with E-state index in [2.05, 4.69) is 4.98 Å². The number of pyridine rings is 1. The zero-order valence-electron chi connectivity index (χ0n) is 9.64. The molecule has 1 aromatic carbocycles. The summed E-state index contributed by atoms with van der Waals surface area (Å²) in [7, 11) is 0. The van der Waals surface area contributed by atoms with Gasteiger partial charge in [0.2, 0.25) is 5.88 Å². The van der Waals surface area contributed by atoms with Crippen molar-refractivity contribution in [3.63, 3.8) is 0 Å². The van der Waals surface area contributed by atoms with Gasteiger partial charge >= 0.3 is 0 Å². The molecule has 0 saturated heterocycles. The molecule has 90 valence electrons. The van der Waals surface area contributed by atoms with Crippen LogP contribution in [0.5, 0.6) is 11.6 Å². The van der Waals surface area contributed by atoms with Crippen LogP contribution in [0.1, 0.15) is 11.3 Å². The van der Waals surface area contributed by atoms with Crippen molar-refractivity contribution in [2.24, 2.45) is 0 Å². The highest BCUT2D eigenvalue weighted by molar-refractivity contribution is 6.32. The van der Waals surface area contributed by atoms with E-state index in [1.165, 1.54) is 0 Å². The van der Waals surface area contributed by atoms with E-state index in [0.29, 0.717) is 22.0 Å². The number of aryl methyl sites for hydroxylation is 1. The Balaban J connectivity index is 2.40. The van der Waals surface area contributed by atoms with Gasteiger partial charge in [-0.15, -0.1) is 0 Å². The highest BCUT2D eigenvalue weighted by Gasteiger charge is 2.09. The first-order chi connectivity index (χ1) is 8.60. The number of halogens is 1. The predicted octanol–water partition coefficient (Wildman–Crippen LogP) is 3.29. The number of ether oxygens (including phenoxy) is 1. The Labute approximate surface area is 110 Å². The van der Waals surface area contributed by atoms with Crippen LogP contribution in [0.4, 0.5) is 5.69 Å². The highest BCUT2D eigenvalue weighted by atomic mass is 35.5. The molecular formula is C13H10ClN3O.